The summed E-state index contributed by atoms with van der Waals surface area (Å²) < 4.78 is 24.9. The fourth-order valence-electron chi connectivity index (χ4n) is 2.65. The number of nitrogens with zero attached hydrogens (tertiary/aromatic N) is 1. The van der Waals surface area contributed by atoms with Gasteiger partial charge in [-0.3, -0.25) is 0 Å². The number of halogens is 1. The molecule has 136 valence electrons. The van der Waals surface area contributed by atoms with E-state index in [1.807, 2.05) is 0 Å². The molecule has 7 heteroatoms. The Morgan fingerprint density at radius 1 is 1.31 bits per heavy atom. The number of rotatable bonds is 6. The highest BCUT2D eigenvalue weighted by atomic mass is 19.1. The first-order valence-electron chi connectivity index (χ1n) is 7.96. The van der Waals surface area contributed by atoms with Crippen LogP contribution in [-0.2, 0) is 4.84 Å². The van der Waals surface area contributed by atoms with Crippen LogP contribution in [0.25, 0.3) is 0 Å². The van der Waals surface area contributed by atoms with Gasteiger partial charge in [-0.05, 0) is 31.2 Å². The summed E-state index contributed by atoms with van der Waals surface area (Å²) in [5, 5.41) is 13.1. The number of carbonyl (C=O) groups is 1. The first-order chi connectivity index (χ1) is 12.4. The van der Waals surface area contributed by atoms with Gasteiger partial charge in [-0.15, -0.1) is 0 Å². The van der Waals surface area contributed by atoms with Crippen molar-refractivity contribution in [2.75, 3.05) is 13.7 Å². The zero-order valence-corrected chi connectivity index (χ0v) is 14.4. The van der Waals surface area contributed by atoms with Gasteiger partial charge < -0.3 is 19.4 Å². The molecule has 3 rings (SSSR count). The van der Waals surface area contributed by atoms with E-state index in [9.17, 15) is 9.18 Å². The van der Waals surface area contributed by atoms with E-state index in [2.05, 4.69) is 5.16 Å². The number of hydrogen-bond acceptors (Lipinski definition) is 5. The fourth-order valence-corrected chi connectivity index (χ4v) is 2.65. The fraction of sp³-hybridized carbons (Fsp3) is 0.263. The topological polar surface area (TPSA) is 77.4 Å². The summed E-state index contributed by atoms with van der Waals surface area (Å²) >= 11 is 0. The Morgan fingerprint density at radius 3 is 2.77 bits per heavy atom. The van der Waals surface area contributed by atoms with Gasteiger partial charge in [-0.25, -0.2) is 9.18 Å². The van der Waals surface area contributed by atoms with Crippen molar-refractivity contribution < 1.29 is 28.6 Å². The minimum atomic E-state index is -1.06. The molecule has 0 spiro atoms. The smallest absolute Gasteiger partial charge is 0.335 e. The van der Waals surface area contributed by atoms with Gasteiger partial charge in [0.15, 0.2) is 17.1 Å². The molecular weight excluding hydrogens is 341 g/mol. The Bertz CT molecular complexity index is 867. The van der Waals surface area contributed by atoms with Crippen LogP contribution in [0, 0.1) is 5.82 Å². The van der Waals surface area contributed by atoms with Crippen molar-refractivity contribution in [2.45, 2.75) is 18.9 Å². The number of carboxylic acid groups (broad SMARTS) is 1. The van der Waals surface area contributed by atoms with E-state index in [1.54, 1.807) is 25.1 Å². The minimum Gasteiger partial charge on any atom is -0.493 e. The quantitative estimate of drug-likeness (QED) is 0.854. The van der Waals surface area contributed by atoms with Crippen LogP contribution in [-0.4, -0.2) is 36.1 Å². The highest BCUT2D eigenvalue weighted by molar-refractivity contribution is 6.01. The molecule has 6 nitrogen and oxygen atoms in total. The van der Waals surface area contributed by atoms with Crippen molar-refractivity contribution in [1.29, 1.82) is 0 Å². The Labute approximate surface area is 149 Å². The molecule has 1 N–H and O–H groups in total. The lowest BCUT2D eigenvalue weighted by Gasteiger charge is -2.22. The van der Waals surface area contributed by atoms with Crippen LogP contribution in [0.5, 0.6) is 11.5 Å². The molecular formula is C19H18FNO5. The molecule has 0 fully saturated rings. The molecule has 2 aromatic carbocycles. The summed E-state index contributed by atoms with van der Waals surface area (Å²) in [6.45, 7) is 1.88. The van der Waals surface area contributed by atoms with Crippen molar-refractivity contribution in [3.8, 4) is 11.5 Å². The Balaban J connectivity index is 1.72. The molecule has 0 saturated carbocycles. The van der Waals surface area contributed by atoms with Crippen LogP contribution >= 0.6 is 0 Å². The molecule has 2 aromatic rings. The van der Waals surface area contributed by atoms with E-state index in [0.717, 1.165) is 0 Å². The van der Waals surface area contributed by atoms with Crippen LogP contribution in [0.2, 0.25) is 0 Å². The molecule has 0 saturated heterocycles. The second kappa shape index (κ2) is 7.03. The predicted molar refractivity (Wildman–Crippen MR) is 92.5 cm³/mol. The van der Waals surface area contributed by atoms with Crippen molar-refractivity contribution in [3.63, 3.8) is 0 Å². The monoisotopic (exact) mass is 359 g/mol. The summed E-state index contributed by atoms with van der Waals surface area (Å²) in [6, 6.07) is 10.7. The zero-order valence-electron chi connectivity index (χ0n) is 14.4. The third kappa shape index (κ3) is 3.61. The third-order valence-electron chi connectivity index (χ3n) is 4.05. The molecule has 0 aliphatic carbocycles. The maximum absolute atomic E-state index is 13.9. The standard InChI is InChI=1S/C19H18FNO5/c1-19(10-15(21-26-19)13-5-3-4-6-14(13)20)11-25-17-9-12(18(22)23)7-8-16(17)24-2/h3-9H,10-11H2,1-2H3,(H,22,23). The van der Waals surface area contributed by atoms with Gasteiger partial charge in [-0.2, -0.15) is 0 Å². The molecule has 0 amide bonds. The van der Waals surface area contributed by atoms with E-state index < -0.39 is 11.6 Å². The van der Waals surface area contributed by atoms with E-state index in [1.165, 1.54) is 31.4 Å². The zero-order chi connectivity index (χ0) is 18.7. The normalized spacial score (nSPS) is 18.8. The average molecular weight is 359 g/mol. The Hall–Kier alpha value is -3.09. The van der Waals surface area contributed by atoms with E-state index in [4.69, 9.17) is 19.4 Å². The van der Waals surface area contributed by atoms with Gasteiger partial charge in [0, 0.05) is 12.0 Å². The minimum absolute atomic E-state index is 0.0848. The van der Waals surface area contributed by atoms with Gasteiger partial charge in [0.1, 0.15) is 12.4 Å². The summed E-state index contributed by atoms with van der Waals surface area (Å²) in [5.74, 6) is -0.731. The van der Waals surface area contributed by atoms with E-state index in [0.29, 0.717) is 23.4 Å². The van der Waals surface area contributed by atoms with Crippen molar-refractivity contribution in [1.82, 2.24) is 0 Å². The summed E-state index contributed by atoms with van der Waals surface area (Å²) in [4.78, 5) is 16.6. The van der Waals surface area contributed by atoms with Crippen LogP contribution in [0.3, 0.4) is 0 Å². The summed E-state index contributed by atoms with van der Waals surface area (Å²) in [5.41, 5.74) is 0.172. The highest BCUT2D eigenvalue weighted by Gasteiger charge is 2.37. The Morgan fingerprint density at radius 2 is 2.08 bits per heavy atom. The van der Waals surface area contributed by atoms with Crippen LogP contribution in [0.4, 0.5) is 4.39 Å². The van der Waals surface area contributed by atoms with Gasteiger partial charge in [0.25, 0.3) is 0 Å². The first kappa shape index (κ1) is 17.7. The third-order valence-corrected chi connectivity index (χ3v) is 4.05. The maximum atomic E-state index is 13.9. The van der Waals surface area contributed by atoms with Gasteiger partial charge in [-0.1, -0.05) is 23.4 Å². The summed E-state index contributed by atoms with van der Waals surface area (Å²) in [6.07, 6.45) is 0.356. The van der Waals surface area contributed by atoms with Crippen molar-refractivity contribution in [3.05, 3.63) is 59.4 Å². The maximum Gasteiger partial charge on any atom is 0.335 e. The highest BCUT2D eigenvalue weighted by Crippen LogP contribution is 2.32. The number of methoxy groups -OCH3 is 1. The molecule has 26 heavy (non-hydrogen) atoms. The lowest BCUT2D eigenvalue weighted by atomic mass is 9.96. The van der Waals surface area contributed by atoms with Crippen molar-refractivity contribution >= 4 is 11.7 Å². The number of carboxylic acids is 1. The van der Waals surface area contributed by atoms with Gasteiger partial charge in [0.2, 0.25) is 0 Å². The number of hydrogen-bond donors (Lipinski definition) is 1. The molecule has 1 heterocycles. The van der Waals surface area contributed by atoms with Crippen molar-refractivity contribution in [2.24, 2.45) is 5.16 Å². The second-order valence-corrected chi connectivity index (χ2v) is 6.20. The molecule has 1 aliphatic rings. The largest absolute Gasteiger partial charge is 0.493 e. The number of aromatic carboxylic acids is 1. The Kier molecular flexibility index (Phi) is 4.79. The van der Waals surface area contributed by atoms with Crippen LogP contribution in [0.15, 0.2) is 47.6 Å². The molecule has 0 aromatic heterocycles. The van der Waals surface area contributed by atoms with E-state index in [-0.39, 0.29) is 23.7 Å². The summed E-state index contributed by atoms with van der Waals surface area (Å²) in [7, 11) is 1.47. The number of ether oxygens (including phenoxy) is 2. The number of benzene rings is 2. The molecule has 1 unspecified atom stereocenters. The van der Waals surface area contributed by atoms with Crippen LogP contribution in [0.1, 0.15) is 29.3 Å². The van der Waals surface area contributed by atoms with Gasteiger partial charge in [0.05, 0.1) is 18.4 Å². The molecule has 1 atom stereocenters. The van der Waals surface area contributed by atoms with E-state index >= 15 is 0 Å². The SMILES string of the molecule is COc1ccc(C(=O)O)cc1OCC1(C)CC(c2ccccc2F)=NO1. The molecule has 0 bridgehead atoms. The number of oxime groups is 1. The second-order valence-electron chi connectivity index (χ2n) is 6.20. The predicted octanol–water partition coefficient (Wildman–Crippen LogP) is 3.49. The lowest BCUT2D eigenvalue weighted by molar-refractivity contribution is -0.0361. The van der Waals surface area contributed by atoms with Crippen LogP contribution < -0.4 is 9.47 Å². The molecule has 0 radical (unpaired) electrons. The lowest BCUT2D eigenvalue weighted by Crippen LogP contribution is -2.33. The average Bonchev–Trinajstić information content (AvgIpc) is 3.02. The molecule has 1 aliphatic heterocycles. The first-order valence-corrected chi connectivity index (χ1v) is 7.96. The van der Waals surface area contributed by atoms with Gasteiger partial charge >= 0.3 is 5.97 Å².